The van der Waals surface area contributed by atoms with Crippen LogP contribution in [0, 0.1) is 11.7 Å². The number of rotatable bonds is 7. The van der Waals surface area contributed by atoms with Gasteiger partial charge in [0, 0.05) is 23.9 Å². The minimum Gasteiger partial charge on any atom is -0.369 e. The molecular formula is C21H24FN3O4S2. The third-order valence-electron chi connectivity index (χ3n) is 5.27. The molecule has 0 aromatic heterocycles. The van der Waals surface area contributed by atoms with E-state index >= 15 is 0 Å². The lowest BCUT2D eigenvalue weighted by atomic mass is 9.96. The first-order valence-electron chi connectivity index (χ1n) is 9.72. The first-order valence-corrected chi connectivity index (χ1v) is 12.4. The van der Waals surface area contributed by atoms with Gasteiger partial charge in [0.25, 0.3) is 10.0 Å². The second-order valence-electron chi connectivity index (χ2n) is 7.22. The van der Waals surface area contributed by atoms with Crippen LogP contribution in [-0.2, 0) is 19.6 Å². The lowest BCUT2D eigenvalue weighted by molar-refractivity contribution is -0.133. The van der Waals surface area contributed by atoms with Gasteiger partial charge in [0.05, 0.1) is 10.6 Å². The Morgan fingerprint density at radius 2 is 1.81 bits per heavy atom. The molecule has 2 N–H and O–H groups in total. The molecule has 1 aliphatic rings. The van der Waals surface area contributed by atoms with Gasteiger partial charge in [0.1, 0.15) is 12.4 Å². The summed E-state index contributed by atoms with van der Waals surface area (Å²) in [5, 5.41) is 0. The van der Waals surface area contributed by atoms with Gasteiger partial charge in [0.15, 0.2) is 0 Å². The van der Waals surface area contributed by atoms with Crippen LogP contribution in [0.3, 0.4) is 0 Å². The van der Waals surface area contributed by atoms with E-state index in [0.717, 1.165) is 15.3 Å². The Bertz CT molecular complexity index is 1050. The molecule has 10 heteroatoms. The number of nitrogens with zero attached hydrogens (tertiary/aromatic N) is 2. The maximum absolute atomic E-state index is 13.9. The summed E-state index contributed by atoms with van der Waals surface area (Å²) in [7, 11) is -4.12. The molecule has 1 aliphatic heterocycles. The van der Waals surface area contributed by atoms with Crippen molar-refractivity contribution in [2.75, 3.05) is 30.2 Å². The zero-order valence-electron chi connectivity index (χ0n) is 17.0. The molecule has 2 aromatic carbocycles. The van der Waals surface area contributed by atoms with Crippen molar-refractivity contribution in [2.24, 2.45) is 11.7 Å². The van der Waals surface area contributed by atoms with Gasteiger partial charge in [-0.1, -0.05) is 6.07 Å². The van der Waals surface area contributed by atoms with Crippen LogP contribution in [0.2, 0.25) is 0 Å². The second-order valence-corrected chi connectivity index (χ2v) is 9.97. The molecule has 3 rings (SSSR count). The minimum atomic E-state index is -4.12. The van der Waals surface area contributed by atoms with Crippen LogP contribution in [0.15, 0.2) is 58.3 Å². The van der Waals surface area contributed by atoms with Crippen molar-refractivity contribution < 1.29 is 22.4 Å². The summed E-state index contributed by atoms with van der Waals surface area (Å²) in [6, 6.07) is 11.4. The second kappa shape index (κ2) is 9.69. The highest BCUT2D eigenvalue weighted by atomic mass is 32.2. The summed E-state index contributed by atoms with van der Waals surface area (Å²) in [4.78, 5) is 26.7. The number of sulfonamides is 1. The van der Waals surface area contributed by atoms with Gasteiger partial charge in [-0.05, 0) is 61.6 Å². The molecule has 0 radical (unpaired) electrons. The number of carbonyl (C=O) groups excluding carboxylic acids is 2. The molecule has 2 aromatic rings. The van der Waals surface area contributed by atoms with Gasteiger partial charge in [-0.3, -0.25) is 13.9 Å². The maximum Gasteiger partial charge on any atom is 0.264 e. The number of hydrogen-bond donors (Lipinski definition) is 1. The largest absolute Gasteiger partial charge is 0.369 e. The zero-order valence-corrected chi connectivity index (χ0v) is 18.7. The van der Waals surface area contributed by atoms with Crippen LogP contribution >= 0.6 is 11.8 Å². The van der Waals surface area contributed by atoms with Crippen LogP contribution < -0.4 is 10.0 Å². The van der Waals surface area contributed by atoms with Gasteiger partial charge in [-0.2, -0.15) is 0 Å². The average Bonchev–Trinajstić information content (AvgIpc) is 2.77. The number of primary amides is 1. The van der Waals surface area contributed by atoms with E-state index in [2.05, 4.69) is 0 Å². The monoisotopic (exact) mass is 465 g/mol. The molecule has 1 fully saturated rings. The highest BCUT2D eigenvalue weighted by molar-refractivity contribution is 7.98. The van der Waals surface area contributed by atoms with Crippen molar-refractivity contribution in [3.05, 3.63) is 54.3 Å². The first-order chi connectivity index (χ1) is 14.7. The summed E-state index contributed by atoms with van der Waals surface area (Å²) in [5.41, 5.74) is 5.40. The Kier molecular flexibility index (Phi) is 7.22. The van der Waals surface area contributed by atoms with Gasteiger partial charge in [0.2, 0.25) is 11.8 Å². The molecule has 0 saturated carbocycles. The number of hydrogen-bond acceptors (Lipinski definition) is 5. The number of thioether (sulfide) groups is 1. The van der Waals surface area contributed by atoms with E-state index in [0.29, 0.717) is 25.9 Å². The Hall–Kier alpha value is -2.59. The molecule has 0 spiro atoms. The third kappa shape index (κ3) is 5.37. The van der Waals surface area contributed by atoms with E-state index in [1.54, 1.807) is 12.1 Å². The molecule has 7 nitrogen and oxygen atoms in total. The molecule has 2 amide bonds. The highest BCUT2D eigenvalue weighted by Crippen LogP contribution is 2.27. The van der Waals surface area contributed by atoms with Crippen LogP contribution in [0.4, 0.5) is 10.1 Å². The SMILES string of the molecule is CSc1ccc(S(=O)(=O)N(CC(=O)N2CCC(C(N)=O)CC2)c2cccc(F)c2)cc1. The number of likely N-dealkylation sites (tertiary alicyclic amines) is 1. The Balaban J connectivity index is 1.88. The molecule has 1 heterocycles. The van der Waals surface area contributed by atoms with Crippen molar-refractivity contribution in [1.29, 1.82) is 0 Å². The Labute approximate surface area is 185 Å². The van der Waals surface area contributed by atoms with E-state index in [-0.39, 0.29) is 16.5 Å². The van der Waals surface area contributed by atoms with Crippen molar-refractivity contribution in [3.63, 3.8) is 0 Å². The number of nitrogens with two attached hydrogens (primary N) is 1. The fourth-order valence-electron chi connectivity index (χ4n) is 3.46. The van der Waals surface area contributed by atoms with Crippen molar-refractivity contribution in [3.8, 4) is 0 Å². The fourth-order valence-corrected chi connectivity index (χ4v) is 5.27. The fraction of sp³-hybridized carbons (Fsp3) is 0.333. The Morgan fingerprint density at radius 3 is 2.35 bits per heavy atom. The van der Waals surface area contributed by atoms with Gasteiger partial charge >= 0.3 is 0 Å². The Morgan fingerprint density at radius 1 is 1.16 bits per heavy atom. The van der Waals surface area contributed by atoms with Crippen molar-refractivity contribution >= 4 is 39.3 Å². The van der Waals surface area contributed by atoms with Crippen LogP contribution in [0.1, 0.15) is 12.8 Å². The number of benzene rings is 2. The molecule has 0 bridgehead atoms. The molecule has 0 atom stereocenters. The van der Waals surface area contributed by atoms with E-state index in [1.165, 1.54) is 47.0 Å². The maximum atomic E-state index is 13.9. The average molecular weight is 466 g/mol. The number of amides is 2. The lowest BCUT2D eigenvalue weighted by Gasteiger charge is -2.33. The van der Waals surface area contributed by atoms with E-state index < -0.39 is 34.2 Å². The van der Waals surface area contributed by atoms with E-state index in [4.69, 9.17) is 5.73 Å². The van der Waals surface area contributed by atoms with Crippen molar-refractivity contribution in [1.82, 2.24) is 4.90 Å². The summed E-state index contributed by atoms with van der Waals surface area (Å²) < 4.78 is 41.5. The first kappa shape index (κ1) is 23.1. The normalized spacial score (nSPS) is 15.0. The van der Waals surface area contributed by atoms with Gasteiger partial charge in [-0.25, -0.2) is 12.8 Å². The number of piperidine rings is 1. The minimum absolute atomic E-state index is 0.00907. The summed E-state index contributed by atoms with van der Waals surface area (Å²) in [5.74, 6) is -1.71. The standard InChI is InChI=1S/C21H24FN3O4S2/c1-30-18-5-7-19(8-6-18)31(28,29)25(17-4-2-3-16(22)13-17)14-20(26)24-11-9-15(10-12-24)21(23)27/h2-8,13,15H,9-12,14H2,1H3,(H2,23,27). The number of carbonyl (C=O) groups is 2. The third-order valence-corrected chi connectivity index (χ3v) is 7.80. The molecule has 1 saturated heterocycles. The predicted molar refractivity (Wildman–Crippen MR) is 118 cm³/mol. The van der Waals surface area contributed by atoms with Crippen LogP contribution in [0.25, 0.3) is 0 Å². The molecule has 166 valence electrons. The zero-order chi connectivity index (χ0) is 22.6. The lowest BCUT2D eigenvalue weighted by Crippen LogP contribution is -2.47. The molecule has 0 unspecified atom stereocenters. The van der Waals surface area contributed by atoms with Crippen molar-refractivity contribution in [2.45, 2.75) is 22.6 Å². The molecule has 0 aliphatic carbocycles. The van der Waals surface area contributed by atoms with Gasteiger partial charge in [-0.15, -0.1) is 11.8 Å². The van der Waals surface area contributed by atoms with Crippen LogP contribution in [0.5, 0.6) is 0 Å². The predicted octanol–water partition coefficient (Wildman–Crippen LogP) is 2.47. The molecular weight excluding hydrogens is 441 g/mol. The summed E-state index contributed by atoms with van der Waals surface area (Å²) in [6.07, 6.45) is 2.75. The van der Waals surface area contributed by atoms with Crippen LogP contribution in [-0.4, -0.2) is 51.0 Å². The van der Waals surface area contributed by atoms with E-state index in [9.17, 15) is 22.4 Å². The topological polar surface area (TPSA) is 101 Å². The molecule has 31 heavy (non-hydrogen) atoms. The highest BCUT2D eigenvalue weighted by Gasteiger charge is 2.31. The quantitative estimate of drug-likeness (QED) is 0.633. The number of anilines is 1. The smallest absolute Gasteiger partial charge is 0.264 e. The number of halogens is 1. The summed E-state index contributed by atoms with van der Waals surface area (Å²) in [6.45, 7) is 0.148. The van der Waals surface area contributed by atoms with E-state index in [1.807, 2.05) is 6.26 Å². The van der Waals surface area contributed by atoms with Gasteiger partial charge < -0.3 is 10.6 Å². The summed E-state index contributed by atoms with van der Waals surface area (Å²) >= 11 is 1.47.